The third-order valence-corrected chi connectivity index (χ3v) is 4.22. The fourth-order valence-corrected chi connectivity index (χ4v) is 3.00. The van der Waals surface area contributed by atoms with Gasteiger partial charge in [0, 0.05) is 11.1 Å². The Labute approximate surface area is 138 Å². The Morgan fingerprint density at radius 2 is 1.96 bits per heavy atom. The first-order valence-corrected chi connectivity index (χ1v) is 7.95. The molecule has 1 fully saturated rings. The molecular weight excluding hydrogens is 316 g/mol. The Hall–Kier alpha value is -2.44. The first kappa shape index (κ1) is 16.4. The second-order valence-electron chi connectivity index (χ2n) is 5.92. The van der Waals surface area contributed by atoms with Crippen LogP contribution in [0.4, 0.5) is 14.6 Å². The van der Waals surface area contributed by atoms with Crippen LogP contribution in [-0.4, -0.2) is 22.3 Å². The predicted molar refractivity (Wildman–Crippen MR) is 85.5 cm³/mol. The number of carbonyl (C=O) groups is 1. The number of aryl methyl sites for hydroxylation is 1. The van der Waals surface area contributed by atoms with Gasteiger partial charge in [-0.15, -0.1) is 0 Å². The molecule has 1 aliphatic carbocycles. The average Bonchev–Trinajstić information content (AvgIpc) is 3.18. The number of hydrogen-bond acceptors (Lipinski definition) is 3. The van der Waals surface area contributed by atoms with E-state index in [0.717, 1.165) is 18.4 Å². The Morgan fingerprint density at radius 3 is 2.58 bits per heavy atom. The van der Waals surface area contributed by atoms with Crippen molar-refractivity contribution < 1.29 is 18.3 Å². The quantitative estimate of drug-likeness (QED) is 0.892. The molecule has 0 aliphatic heterocycles. The summed E-state index contributed by atoms with van der Waals surface area (Å²) in [7, 11) is 0. The number of hydrogen-bond donors (Lipinski definition) is 1. The van der Waals surface area contributed by atoms with Crippen molar-refractivity contribution in [3.05, 3.63) is 41.6 Å². The van der Waals surface area contributed by atoms with E-state index >= 15 is 0 Å². The summed E-state index contributed by atoms with van der Waals surface area (Å²) in [5.74, 6) is 0.412. The number of nitrogens with zero attached hydrogens (tertiary/aromatic N) is 2. The summed E-state index contributed by atoms with van der Waals surface area (Å²) in [6.07, 6.45) is 6.20. The molecule has 1 aromatic heterocycles. The van der Waals surface area contributed by atoms with E-state index in [2.05, 4.69) is 15.2 Å². The minimum Gasteiger partial charge on any atom is -0.435 e. The highest BCUT2D eigenvalue weighted by atomic mass is 19.3. The lowest BCUT2D eigenvalue weighted by Gasteiger charge is -2.15. The molecule has 3 rings (SSSR count). The molecule has 0 spiro atoms. The minimum absolute atomic E-state index is 0.0220. The summed E-state index contributed by atoms with van der Waals surface area (Å²) in [5.41, 5.74) is 1.27. The van der Waals surface area contributed by atoms with Crippen LogP contribution >= 0.6 is 0 Å². The molecule has 1 saturated carbocycles. The van der Waals surface area contributed by atoms with Gasteiger partial charge in [0.25, 0.3) is 5.91 Å². The number of anilines is 1. The number of aromatic nitrogens is 2. The van der Waals surface area contributed by atoms with Crippen LogP contribution in [0.15, 0.2) is 30.5 Å². The van der Waals surface area contributed by atoms with Crippen LogP contribution in [0.5, 0.6) is 5.75 Å². The number of alkyl halides is 2. The molecule has 1 heterocycles. The first-order valence-electron chi connectivity index (χ1n) is 7.95. The fourth-order valence-electron chi connectivity index (χ4n) is 3.00. The largest absolute Gasteiger partial charge is 0.435 e. The number of halogens is 2. The molecule has 0 radical (unpaired) electrons. The molecule has 0 unspecified atom stereocenters. The summed E-state index contributed by atoms with van der Waals surface area (Å²) in [5, 5.41) is 7.27. The maximum Gasteiger partial charge on any atom is 0.387 e. The topological polar surface area (TPSA) is 56.2 Å². The Morgan fingerprint density at radius 1 is 1.29 bits per heavy atom. The predicted octanol–water partition coefficient (Wildman–Crippen LogP) is 4.16. The normalized spacial score (nSPS) is 15.0. The van der Waals surface area contributed by atoms with Crippen molar-refractivity contribution in [3.63, 3.8) is 0 Å². The van der Waals surface area contributed by atoms with Gasteiger partial charge in [-0.2, -0.15) is 13.9 Å². The van der Waals surface area contributed by atoms with Gasteiger partial charge in [0.05, 0.1) is 12.2 Å². The Balaban J connectivity index is 1.74. The highest BCUT2D eigenvalue weighted by Gasteiger charge is 2.22. The lowest BCUT2D eigenvalue weighted by Crippen LogP contribution is -2.18. The van der Waals surface area contributed by atoms with Gasteiger partial charge in [-0.05, 0) is 44.0 Å². The lowest BCUT2D eigenvalue weighted by molar-refractivity contribution is -0.0498. The van der Waals surface area contributed by atoms with E-state index in [1.165, 1.54) is 37.1 Å². The Kier molecular flexibility index (Phi) is 4.78. The lowest BCUT2D eigenvalue weighted by atomic mass is 10.2. The molecule has 5 nitrogen and oxygen atoms in total. The second-order valence-corrected chi connectivity index (χ2v) is 5.92. The van der Waals surface area contributed by atoms with Crippen LogP contribution in [0.25, 0.3) is 0 Å². The van der Waals surface area contributed by atoms with E-state index in [1.54, 1.807) is 6.20 Å². The van der Waals surface area contributed by atoms with E-state index in [9.17, 15) is 13.6 Å². The van der Waals surface area contributed by atoms with Gasteiger partial charge >= 0.3 is 6.61 Å². The highest BCUT2D eigenvalue weighted by Crippen LogP contribution is 2.32. The van der Waals surface area contributed by atoms with Crippen molar-refractivity contribution in [3.8, 4) is 5.75 Å². The van der Waals surface area contributed by atoms with E-state index in [-0.39, 0.29) is 11.7 Å². The molecule has 0 saturated heterocycles. The van der Waals surface area contributed by atoms with Crippen LogP contribution < -0.4 is 10.1 Å². The monoisotopic (exact) mass is 335 g/mol. The number of amides is 1. The third-order valence-electron chi connectivity index (χ3n) is 4.22. The van der Waals surface area contributed by atoms with Gasteiger partial charge in [0.1, 0.15) is 11.6 Å². The zero-order valence-electron chi connectivity index (χ0n) is 13.3. The molecule has 1 aliphatic rings. The van der Waals surface area contributed by atoms with Crippen molar-refractivity contribution >= 4 is 11.7 Å². The molecule has 0 atom stereocenters. The summed E-state index contributed by atoms with van der Waals surface area (Å²) in [4.78, 5) is 12.4. The number of rotatable bonds is 5. The maximum absolute atomic E-state index is 12.4. The van der Waals surface area contributed by atoms with Crippen molar-refractivity contribution in [2.24, 2.45) is 0 Å². The van der Waals surface area contributed by atoms with Crippen LogP contribution in [0.1, 0.15) is 47.6 Å². The second kappa shape index (κ2) is 6.98. The van der Waals surface area contributed by atoms with Gasteiger partial charge in [0.2, 0.25) is 0 Å². The summed E-state index contributed by atoms with van der Waals surface area (Å²) >= 11 is 0. The molecular formula is C17H19F2N3O2. The number of benzene rings is 1. The summed E-state index contributed by atoms with van der Waals surface area (Å²) in [6, 6.07) is 5.93. The number of carbonyl (C=O) groups excluding carboxylic acids is 1. The molecule has 128 valence electrons. The SMILES string of the molecule is Cc1cnn(C2CCCC2)c1NC(=O)c1ccc(OC(F)F)cc1. The summed E-state index contributed by atoms with van der Waals surface area (Å²) in [6.45, 7) is -0.985. The van der Waals surface area contributed by atoms with Crippen LogP contribution in [0.3, 0.4) is 0 Å². The van der Waals surface area contributed by atoms with E-state index in [1.807, 2.05) is 11.6 Å². The van der Waals surface area contributed by atoms with E-state index in [0.29, 0.717) is 17.4 Å². The third kappa shape index (κ3) is 3.55. The minimum atomic E-state index is -2.88. The van der Waals surface area contributed by atoms with E-state index in [4.69, 9.17) is 0 Å². The van der Waals surface area contributed by atoms with Gasteiger partial charge in [0.15, 0.2) is 0 Å². The highest BCUT2D eigenvalue weighted by molar-refractivity contribution is 6.04. The standard InChI is InChI=1S/C17H19F2N3O2/c1-11-10-20-22(13-4-2-3-5-13)15(11)21-16(23)12-6-8-14(9-7-12)24-17(18)19/h6-10,13,17H,2-5H2,1H3,(H,21,23). The average molecular weight is 335 g/mol. The Bertz CT molecular complexity index is 707. The van der Waals surface area contributed by atoms with Crippen molar-refractivity contribution in [1.82, 2.24) is 9.78 Å². The fraction of sp³-hybridized carbons (Fsp3) is 0.412. The smallest absolute Gasteiger partial charge is 0.387 e. The van der Waals surface area contributed by atoms with Gasteiger partial charge in [-0.1, -0.05) is 12.8 Å². The maximum atomic E-state index is 12.4. The molecule has 2 aromatic rings. The van der Waals surface area contributed by atoms with E-state index < -0.39 is 6.61 Å². The molecule has 24 heavy (non-hydrogen) atoms. The molecule has 1 amide bonds. The van der Waals surface area contributed by atoms with Crippen LogP contribution in [0, 0.1) is 6.92 Å². The van der Waals surface area contributed by atoms with Crippen LogP contribution in [-0.2, 0) is 0 Å². The molecule has 1 aromatic carbocycles. The summed E-state index contributed by atoms with van der Waals surface area (Å²) < 4.78 is 30.5. The zero-order chi connectivity index (χ0) is 17.1. The van der Waals surface area contributed by atoms with Crippen molar-refractivity contribution in [1.29, 1.82) is 0 Å². The van der Waals surface area contributed by atoms with Crippen molar-refractivity contribution in [2.75, 3.05) is 5.32 Å². The van der Waals surface area contributed by atoms with Crippen molar-refractivity contribution in [2.45, 2.75) is 45.3 Å². The van der Waals surface area contributed by atoms with Gasteiger partial charge in [-0.25, -0.2) is 4.68 Å². The van der Waals surface area contributed by atoms with Crippen LogP contribution in [0.2, 0.25) is 0 Å². The molecule has 0 bridgehead atoms. The number of ether oxygens (including phenoxy) is 1. The molecule has 7 heteroatoms. The van der Waals surface area contributed by atoms with Gasteiger partial charge in [-0.3, -0.25) is 4.79 Å². The van der Waals surface area contributed by atoms with Gasteiger partial charge < -0.3 is 10.1 Å². The zero-order valence-corrected chi connectivity index (χ0v) is 13.3. The number of nitrogens with one attached hydrogen (secondary N) is 1. The molecule has 1 N–H and O–H groups in total. The first-order chi connectivity index (χ1) is 11.5.